The van der Waals surface area contributed by atoms with Crippen LogP contribution in [0.15, 0.2) is 84.9 Å². The van der Waals surface area contributed by atoms with Crippen LogP contribution in [0.1, 0.15) is 34.3 Å². The number of hydrogen-bond donors (Lipinski definition) is 1. The molecule has 124 valence electrons. The van der Waals surface area contributed by atoms with E-state index in [0.717, 1.165) is 11.1 Å². The number of carbonyl (C=O) groups is 2. The average Bonchev–Trinajstić information content (AvgIpc) is 2.64. The Labute approximate surface area is 147 Å². The van der Waals surface area contributed by atoms with Crippen LogP contribution < -0.4 is 5.32 Å². The van der Waals surface area contributed by atoms with Gasteiger partial charge < -0.3 is 5.32 Å². The Bertz CT molecular complexity index is 816. The first-order valence-corrected chi connectivity index (χ1v) is 8.17. The van der Waals surface area contributed by atoms with Gasteiger partial charge in [0.15, 0.2) is 5.78 Å². The second-order valence-electron chi connectivity index (χ2n) is 5.88. The maximum absolute atomic E-state index is 13.0. The molecule has 0 heterocycles. The number of amides is 1. The number of hydrogen-bond acceptors (Lipinski definition) is 2. The number of Topliss-reactive ketones (excluding diaryl/α,β-unsaturated/α-hetero) is 1. The zero-order valence-electron chi connectivity index (χ0n) is 14.0. The molecule has 0 unspecified atom stereocenters. The molecule has 0 aliphatic heterocycles. The largest absolute Gasteiger partial charge is 0.325 e. The summed E-state index contributed by atoms with van der Waals surface area (Å²) in [4.78, 5) is 24.3. The zero-order chi connectivity index (χ0) is 17.6. The predicted octanol–water partition coefficient (Wildman–Crippen LogP) is 4.66. The minimum Gasteiger partial charge on any atom is -0.325 e. The van der Waals surface area contributed by atoms with Crippen LogP contribution >= 0.6 is 0 Å². The minimum absolute atomic E-state index is 0.00400. The molecule has 3 nitrogen and oxygen atoms in total. The molecule has 25 heavy (non-hydrogen) atoms. The summed E-state index contributed by atoms with van der Waals surface area (Å²) in [7, 11) is 0. The SMILES string of the molecule is CC(=O)c1ccc(NC(=O)C(c2ccccc2)c2ccccc2)cc1. The molecular weight excluding hydrogens is 310 g/mol. The molecule has 0 spiro atoms. The van der Waals surface area contributed by atoms with Crippen LogP contribution in [0.4, 0.5) is 5.69 Å². The van der Waals surface area contributed by atoms with Crippen LogP contribution in [0.3, 0.4) is 0 Å². The number of benzene rings is 3. The number of nitrogens with one attached hydrogen (secondary N) is 1. The van der Waals surface area contributed by atoms with E-state index >= 15 is 0 Å². The quantitative estimate of drug-likeness (QED) is 0.692. The Morgan fingerprint density at radius 1 is 0.720 bits per heavy atom. The summed E-state index contributed by atoms with van der Waals surface area (Å²) in [6.45, 7) is 1.52. The average molecular weight is 329 g/mol. The first kappa shape index (κ1) is 16.7. The van der Waals surface area contributed by atoms with E-state index in [-0.39, 0.29) is 11.7 Å². The lowest BCUT2D eigenvalue weighted by Gasteiger charge is -2.18. The van der Waals surface area contributed by atoms with E-state index < -0.39 is 5.92 Å². The summed E-state index contributed by atoms with van der Waals surface area (Å²) in [6.07, 6.45) is 0. The van der Waals surface area contributed by atoms with Gasteiger partial charge in [0.2, 0.25) is 5.91 Å². The molecular formula is C22H19NO2. The topological polar surface area (TPSA) is 46.2 Å². The van der Waals surface area contributed by atoms with Crippen molar-refractivity contribution in [2.24, 2.45) is 0 Å². The van der Waals surface area contributed by atoms with Crippen molar-refractivity contribution >= 4 is 17.4 Å². The summed E-state index contributed by atoms with van der Waals surface area (Å²) in [6, 6.07) is 26.4. The van der Waals surface area contributed by atoms with Crippen molar-refractivity contribution < 1.29 is 9.59 Å². The predicted molar refractivity (Wildman–Crippen MR) is 99.8 cm³/mol. The molecule has 1 N–H and O–H groups in total. The molecule has 0 fully saturated rings. The Kier molecular flexibility index (Phi) is 5.05. The second-order valence-corrected chi connectivity index (χ2v) is 5.88. The molecule has 3 heteroatoms. The molecule has 0 radical (unpaired) electrons. The molecule has 0 aliphatic rings. The third kappa shape index (κ3) is 4.01. The van der Waals surface area contributed by atoms with Gasteiger partial charge in [0.25, 0.3) is 0 Å². The van der Waals surface area contributed by atoms with Crippen molar-refractivity contribution in [1.29, 1.82) is 0 Å². The van der Waals surface area contributed by atoms with Crippen LogP contribution in [0.25, 0.3) is 0 Å². The molecule has 0 atom stereocenters. The molecule has 3 rings (SSSR count). The van der Waals surface area contributed by atoms with Crippen molar-refractivity contribution in [3.63, 3.8) is 0 Å². The van der Waals surface area contributed by atoms with Gasteiger partial charge in [-0.25, -0.2) is 0 Å². The van der Waals surface area contributed by atoms with Gasteiger partial charge in [0, 0.05) is 11.3 Å². The first-order chi connectivity index (χ1) is 12.1. The second kappa shape index (κ2) is 7.58. The van der Waals surface area contributed by atoms with Gasteiger partial charge in [-0.05, 0) is 42.3 Å². The third-order valence-corrected chi connectivity index (χ3v) is 4.09. The maximum Gasteiger partial charge on any atom is 0.236 e. The summed E-state index contributed by atoms with van der Waals surface area (Å²) in [5.41, 5.74) is 3.17. The van der Waals surface area contributed by atoms with E-state index in [9.17, 15) is 9.59 Å². The summed E-state index contributed by atoms with van der Waals surface area (Å²) in [5, 5.41) is 2.95. The Morgan fingerprint density at radius 2 is 1.20 bits per heavy atom. The lowest BCUT2D eigenvalue weighted by Crippen LogP contribution is -2.22. The van der Waals surface area contributed by atoms with Gasteiger partial charge in [0.05, 0.1) is 5.92 Å². The smallest absolute Gasteiger partial charge is 0.236 e. The lowest BCUT2D eigenvalue weighted by atomic mass is 9.90. The van der Waals surface area contributed by atoms with Gasteiger partial charge in [0.1, 0.15) is 0 Å². The van der Waals surface area contributed by atoms with E-state index in [4.69, 9.17) is 0 Å². The fourth-order valence-corrected chi connectivity index (χ4v) is 2.79. The van der Waals surface area contributed by atoms with Crippen LogP contribution in [-0.4, -0.2) is 11.7 Å². The van der Waals surface area contributed by atoms with E-state index in [1.54, 1.807) is 24.3 Å². The van der Waals surface area contributed by atoms with Crippen LogP contribution in [-0.2, 0) is 4.79 Å². The van der Waals surface area contributed by atoms with E-state index in [0.29, 0.717) is 11.3 Å². The summed E-state index contributed by atoms with van der Waals surface area (Å²) >= 11 is 0. The molecule has 0 bridgehead atoms. The Balaban J connectivity index is 1.88. The molecule has 0 saturated carbocycles. The van der Waals surface area contributed by atoms with Gasteiger partial charge in [-0.1, -0.05) is 60.7 Å². The number of ketones is 1. The van der Waals surface area contributed by atoms with Gasteiger partial charge in [-0.2, -0.15) is 0 Å². The first-order valence-electron chi connectivity index (χ1n) is 8.17. The highest BCUT2D eigenvalue weighted by molar-refractivity contribution is 5.99. The van der Waals surface area contributed by atoms with E-state index in [2.05, 4.69) is 5.32 Å². The highest BCUT2D eigenvalue weighted by Gasteiger charge is 2.22. The fraction of sp³-hybridized carbons (Fsp3) is 0.0909. The van der Waals surface area contributed by atoms with E-state index in [1.807, 2.05) is 60.7 Å². The minimum atomic E-state index is -0.394. The molecule has 0 aromatic heterocycles. The Morgan fingerprint density at radius 3 is 1.64 bits per heavy atom. The normalized spacial score (nSPS) is 10.5. The van der Waals surface area contributed by atoms with Crippen LogP contribution in [0, 0.1) is 0 Å². The highest BCUT2D eigenvalue weighted by atomic mass is 16.2. The van der Waals surface area contributed by atoms with Crippen molar-refractivity contribution in [2.45, 2.75) is 12.8 Å². The van der Waals surface area contributed by atoms with E-state index in [1.165, 1.54) is 6.92 Å². The Hall–Kier alpha value is -3.20. The van der Waals surface area contributed by atoms with Gasteiger partial charge in [-0.3, -0.25) is 9.59 Å². The van der Waals surface area contributed by atoms with Crippen molar-refractivity contribution in [2.75, 3.05) is 5.32 Å². The highest BCUT2D eigenvalue weighted by Crippen LogP contribution is 2.26. The van der Waals surface area contributed by atoms with Crippen LogP contribution in [0.2, 0.25) is 0 Å². The molecule has 1 amide bonds. The molecule has 0 aliphatic carbocycles. The molecule has 0 saturated heterocycles. The lowest BCUT2D eigenvalue weighted by molar-refractivity contribution is -0.116. The summed E-state index contributed by atoms with van der Waals surface area (Å²) < 4.78 is 0. The third-order valence-electron chi connectivity index (χ3n) is 4.09. The fourth-order valence-electron chi connectivity index (χ4n) is 2.79. The van der Waals surface area contributed by atoms with Crippen molar-refractivity contribution in [3.8, 4) is 0 Å². The monoisotopic (exact) mass is 329 g/mol. The number of anilines is 1. The van der Waals surface area contributed by atoms with Crippen LogP contribution in [0.5, 0.6) is 0 Å². The van der Waals surface area contributed by atoms with Gasteiger partial charge in [-0.15, -0.1) is 0 Å². The number of carbonyl (C=O) groups excluding carboxylic acids is 2. The summed E-state index contributed by atoms with van der Waals surface area (Å²) in [5.74, 6) is -0.493. The zero-order valence-corrected chi connectivity index (χ0v) is 14.0. The molecule has 3 aromatic rings. The van der Waals surface area contributed by atoms with Crippen molar-refractivity contribution in [3.05, 3.63) is 102 Å². The van der Waals surface area contributed by atoms with Crippen molar-refractivity contribution in [1.82, 2.24) is 0 Å². The van der Waals surface area contributed by atoms with Gasteiger partial charge >= 0.3 is 0 Å². The molecule has 3 aromatic carbocycles. The number of rotatable bonds is 5. The standard InChI is InChI=1S/C22H19NO2/c1-16(24)17-12-14-20(15-13-17)23-22(25)21(18-8-4-2-5-9-18)19-10-6-3-7-11-19/h2-15,21H,1H3,(H,23,25). The maximum atomic E-state index is 13.0.